The van der Waals surface area contributed by atoms with Crippen molar-refractivity contribution in [1.82, 2.24) is 25.1 Å². The maximum Gasteiger partial charge on any atom is 0.280 e. The average Bonchev–Trinajstić information content (AvgIpc) is 2.84. The van der Waals surface area contributed by atoms with Crippen molar-refractivity contribution in [3.63, 3.8) is 0 Å². The van der Waals surface area contributed by atoms with E-state index >= 15 is 0 Å². The number of carbonyl (C=O) groups excluding carboxylic acids is 1. The molecule has 0 spiro atoms. The molecule has 0 aromatic carbocycles. The number of hydrogen-bond donors (Lipinski definition) is 4. The number of nitrogens with one attached hydrogen (secondary N) is 1. The van der Waals surface area contributed by atoms with Crippen LogP contribution in [0.4, 0.5) is 16.0 Å². The van der Waals surface area contributed by atoms with Crippen molar-refractivity contribution in [2.45, 2.75) is 79.1 Å². The maximum absolute atomic E-state index is 13.9. The molecule has 11 nitrogen and oxygen atoms in total. The van der Waals surface area contributed by atoms with E-state index in [-0.39, 0.29) is 23.4 Å². The molecule has 0 saturated carbocycles. The van der Waals surface area contributed by atoms with Gasteiger partial charge in [-0.05, 0) is 25.7 Å². The summed E-state index contributed by atoms with van der Waals surface area (Å²) in [6.07, 6.45) is 7.70. The zero-order chi connectivity index (χ0) is 26.2. The second-order valence-electron chi connectivity index (χ2n) is 8.36. The van der Waals surface area contributed by atoms with Gasteiger partial charge in [0, 0.05) is 26.2 Å². The Labute approximate surface area is 208 Å². The molecule has 0 bridgehead atoms. The first-order valence-electron chi connectivity index (χ1n) is 12.6. The molecule has 1 rings (SSSR count). The van der Waals surface area contributed by atoms with Gasteiger partial charge < -0.3 is 27.0 Å². The van der Waals surface area contributed by atoms with E-state index in [1.807, 2.05) is 9.80 Å². The van der Waals surface area contributed by atoms with Crippen LogP contribution >= 0.6 is 0 Å². The predicted molar refractivity (Wildman–Crippen MR) is 140 cm³/mol. The molecule has 1 aromatic rings. The summed E-state index contributed by atoms with van der Waals surface area (Å²) in [5.74, 6) is -2.10. The highest BCUT2D eigenvalue weighted by Gasteiger charge is 2.21. The Balaban J connectivity index is 3.32. The number of carbonyl (C=O) groups is 1. The third-order valence-corrected chi connectivity index (χ3v) is 5.34. The standard InChI is InChI=1S/C23H43FN10O/c1-5-9-13-33(14-10-6-2)22(27)31-32-23(34(15-11-7-3)16-12-8-4)30-21(35)17-19(25)29-20(26)18(24)28-17/h5-16H2,1-4H3,(H2,27,31)(H4,25,26,29)(H,30,32,35). The quantitative estimate of drug-likeness (QED) is 0.174. The van der Waals surface area contributed by atoms with E-state index in [1.54, 1.807) is 0 Å². The highest BCUT2D eigenvalue weighted by Crippen LogP contribution is 2.12. The molecular formula is C23H43FN10O. The topological polar surface area (TPSA) is 164 Å². The van der Waals surface area contributed by atoms with Gasteiger partial charge in [0.1, 0.15) is 0 Å². The van der Waals surface area contributed by atoms with Crippen LogP contribution < -0.4 is 22.5 Å². The molecule has 0 aliphatic carbocycles. The van der Waals surface area contributed by atoms with Crippen LogP contribution in [-0.4, -0.2) is 63.8 Å². The van der Waals surface area contributed by atoms with Crippen LogP contribution in [0.1, 0.15) is 89.5 Å². The van der Waals surface area contributed by atoms with Gasteiger partial charge in [-0.2, -0.15) is 4.39 Å². The van der Waals surface area contributed by atoms with Crippen LogP contribution in [0.2, 0.25) is 0 Å². The monoisotopic (exact) mass is 494 g/mol. The summed E-state index contributed by atoms with van der Waals surface area (Å²) in [6, 6.07) is 0. The largest absolute Gasteiger partial charge is 0.382 e. The lowest BCUT2D eigenvalue weighted by molar-refractivity contribution is 0.0966. The van der Waals surface area contributed by atoms with Crippen LogP contribution in [0.15, 0.2) is 10.2 Å². The van der Waals surface area contributed by atoms with Crippen molar-refractivity contribution in [3.8, 4) is 0 Å². The van der Waals surface area contributed by atoms with E-state index in [2.05, 4.69) is 53.2 Å². The SMILES string of the molecule is CCCCN(CCCC)C(N)=NN=C(NC(=O)c1nc(F)c(N)nc1N)N(CCCC)CCCC. The fourth-order valence-corrected chi connectivity index (χ4v) is 3.16. The molecule has 12 heteroatoms. The van der Waals surface area contributed by atoms with Gasteiger partial charge in [0.25, 0.3) is 11.9 Å². The van der Waals surface area contributed by atoms with Crippen LogP contribution in [0.5, 0.6) is 0 Å². The Kier molecular flexibility index (Phi) is 14.0. The molecule has 0 radical (unpaired) electrons. The van der Waals surface area contributed by atoms with E-state index in [0.717, 1.165) is 64.5 Å². The normalized spacial score (nSPS) is 12.0. The van der Waals surface area contributed by atoms with Gasteiger partial charge >= 0.3 is 0 Å². The highest BCUT2D eigenvalue weighted by molar-refractivity contribution is 6.06. The van der Waals surface area contributed by atoms with Gasteiger partial charge in [0.2, 0.25) is 11.9 Å². The summed E-state index contributed by atoms with van der Waals surface area (Å²) in [6.45, 7) is 11.2. The Morgan fingerprint density at radius 2 is 1.31 bits per heavy atom. The van der Waals surface area contributed by atoms with Gasteiger partial charge in [-0.15, -0.1) is 10.2 Å². The number of nitrogen functional groups attached to an aromatic ring is 2. The van der Waals surface area contributed by atoms with Gasteiger partial charge in [0.05, 0.1) is 0 Å². The summed E-state index contributed by atoms with van der Waals surface area (Å²) in [5, 5.41) is 11.3. The van der Waals surface area contributed by atoms with Crippen molar-refractivity contribution in [2.24, 2.45) is 15.9 Å². The van der Waals surface area contributed by atoms with Crippen LogP contribution in [0.3, 0.4) is 0 Å². The number of anilines is 2. The first-order valence-corrected chi connectivity index (χ1v) is 12.6. The number of rotatable bonds is 14. The molecule has 1 amide bonds. The molecule has 1 aromatic heterocycles. The molecule has 1 heterocycles. The number of unbranched alkanes of at least 4 members (excludes halogenated alkanes) is 4. The molecule has 0 saturated heterocycles. The average molecular weight is 495 g/mol. The lowest BCUT2D eigenvalue weighted by Gasteiger charge is -2.26. The van der Waals surface area contributed by atoms with Gasteiger partial charge in [-0.25, -0.2) is 9.97 Å². The number of nitrogens with two attached hydrogens (primary N) is 3. The fraction of sp³-hybridized carbons (Fsp3) is 0.696. The van der Waals surface area contributed by atoms with Gasteiger partial charge in [-0.1, -0.05) is 53.4 Å². The lowest BCUT2D eigenvalue weighted by atomic mass is 10.2. The van der Waals surface area contributed by atoms with E-state index in [9.17, 15) is 9.18 Å². The molecular weight excluding hydrogens is 451 g/mol. The van der Waals surface area contributed by atoms with Crippen LogP contribution in [-0.2, 0) is 0 Å². The lowest BCUT2D eigenvalue weighted by Crippen LogP contribution is -2.46. The minimum absolute atomic E-state index is 0.198. The summed E-state index contributed by atoms with van der Waals surface area (Å²) < 4.78 is 13.9. The van der Waals surface area contributed by atoms with E-state index in [0.29, 0.717) is 13.1 Å². The molecule has 0 aliphatic heterocycles. The van der Waals surface area contributed by atoms with E-state index in [1.165, 1.54) is 0 Å². The maximum atomic E-state index is 13.9. The Hall–Kier alpha value is -3.18. The molecule has 198 valence electrons. The number of hydrogen-bond acceptors (Lipinski definition) is 7. The molecule has 35 heavy (non-hydrogen) atoms. The summed E-state index contributed by atoms with van der Waals surface area (Å²) in [7, 11) is 0. The van der Waals surface area contributed by atoms with Crippen molar-refractivity contribution < 1.29 is 9.18 Å². The predicted octanol–water partition coefficient (Wildman–Crippen LogP) is 2.90. The summed E-state index contributed by atoms with van der Waals surface area (Å²) in [4.78, 5) is 24.1. The Morgan fingerprint density at radius 1 is 0.829 bits per heavy atom. The first-order chi connectivity index (χ1) is 16.8. The molecule has 7 N–H and O–H groups in total. The zero-order valence-electron chi connectivity index (χ0n) is 21.7. The Morgan fingerprint density at radius 3 is 1.80 bits per heavy atom. The molecule has 0 atom stereocenters. The second kappa shape index (κ2) is 16.4. The summed E-state index contributed by atoms with van der Waals surface area (Å²) in [5.41, 5.74) is 17.1. The molecule has 0 fully saturated rings. The number of aromatic nitrogens is 2. The third-order valence-electron chi connectivity index (χ3n) is 5.34. The number of halogens is 1. The fourth-order valence-electron chi connectivity index (χ4n) is 3.16. The smallest absolute Gasteiger partial charge is 0.280 e. The first kappa shape index (κ1) is 29.9. The Bertz CT molecular complexity index is 830. The van der Waals surface area contributed by atoms with Crippen molar-refractivity contribution in [3.05, 3.63) is 11.6 Å². The van der Waals surface area contributed by atoms with Crippen LogP contribution in [0.25, 0.3) is 0 Å². The zero-order valence-corrected chi connectivity index (χ0v) is 21.7. The van der Waals surface area contributed by atoms with Crippen LogP contribution in [0, 0.1) is 5.95 Å². The van der Waals surface area contributed by atoms with Crippen molar-refractivity contribution >= 4 is 29.5 Å². The van der Waals surface area contributed by atoms with Crippen molar-refractivity contribution in [2.75, 3.05) is 37.6 Å². The molecule has 0 aliphatic rings. The van der Waals surface area contributed by atoms with E-state index in [4.69, 9.17) is 17.2 Å². The highest BCUT2D eigenvalue weighted by atomic mass is 19.1. The minimum Gasteiger partial charge on any atom is -0.382 e. The number of guanidine groups is 2. The van der Waals surface area contributed by atoms with Crippen molar-refractivity contribution in [1.29, 1.82) is 0 Å². The summed E-state index contributed by atoms with van der Waals surface area (Å²) >= 11 is 0. The van der Waals surface area contributed by atoms with Gasteiger partial charge in [-0.3, -0.25) is 10.1 Å². The van der Waals surface area contributed by atoms with E-state index < -0.39 is 17.7 Å². The number of nitrogens with zero attached hydrogens (tertiary/aromatic N) is 6. The third kappa shape index (κ3) is 10.3. The number of amides is 1. The van der Waals surface area contributed by atoms with Gasteiger partial charge in [0.15, 0.2) is 17.3 Å². The second-order valence-corrected chi connectivity index (χ2v) is 8.36. The minimum atomic E-state index is -1.07. The molecule has 0 unspecified atom stereocenters.